The topological polar surface area (TPSA) is 296 Å². The molecule has 0 aliphatic rings. The fourth-order valence-electron chi connectivity index (χ4n) is 4.61. The number of carboxylic acid groups (broad SMARTS) is 1. The Kier molecular flexibility index (Phi) is 12.8. The van der Waals surface area contributed by atoms with Gasteiger partial charge in [0, 0.05) is 17.2 Å². The molecule has 19 nitrogen and oxygen atoms in total. The Hall–Kier alpha value is -6.00. The van der Waals surface area contributed by atoms with E-state index >= 15 is 0 Å². The number of rotatable bonds is 16. The van der Waals surface area contributed by atoms with Gasteiger partial charge in [0.15, 0.2) is 21.6 Å². The summed E-state index contributed by atoms with van der Waals surface area (Å²) in [6, 6.07) is 14.8. The lowest BCUT2D eigenvalue weighted by Crippen LogP contribution is -2.50. The van der Waals surface area contributed by atoms with E-state index in [-0.39, 0.29) is 34.0 Å². The fourth-order valence-corrected chi connectivity index (χ4v) is 6.41. The second-order valence-electron chi connectivity index (χ2n) is 11.0. The Morgan fingerprint density at radius 3 is 2.25 bits per heavy atom. The zero-order valence-electron chi connectivity index (χ0n) is 27.8. The molecular formula is C32H31N7O12S2. The number of hydrogen-bond donors (Lipinski definition) is 6. The molecule has 0 unspecified atom stereocenters. The summed E-state index contributed by atoms with van der Waals surface area (Å²) < 4.78 is 65.0. The molecule has 0 radical (unpaired) electrons. The van der Waals surface area contributed by atoms with E-state index in [0.29, 0.717) is 23.0 Å². The predicted octanol–water partition coefficient (Wildman–Crippen LogP) is 2.08. The maximum Gasteiger partial charge on any atom is 0.397 e. The highest BCUT2D eigenvalue weighted by atomic mass is 32.3. The highest BCUT2D eigenvalue weighted by molar-refractivity contribution is 7.91. The Balaban J connectivity index is 1.70. The molecule has 0 spiro atoms. The number of aliphatic hydroxyl groups excluding tert-OH is 1. The van der Waals surface area contributed by atoms with E-state index in [0.717, 1.165) is 18.0 Å². The average molecular weight is 770 g/mol. The van der Waals surface area contributed by atoms with Gasteiger partial charge in [0.1, 0.15) is 12.0 Å². The number of anilines is 2. The summed E-state index contributed by atoms with van der Waals surface area (Å²) in [4.78, 5) is 38.0. The van der Waals surface area contributed by atoms with Crippen LogP contribution >= 0.6 is 0 Å². The Morgan fingerprint density at radius 2 is 1.60 bits per heavy atom. The van der Waals surface area contributed by atoms with Crippen LogP contribution in [0.15, 0.2) is 95.6 Å². The molecule has 0 saturated heterocycles. The summed E-state index contributed by atoms with van der Waals surface area (Å²) in [6.07, 6.45) is 0.728. The van der Waals surface area contributed by atoms with Crippen molar-refractivity contribution in [3.63, 3.8) is 0 Å². The van der Waals surface area contributed by atoms with Crippen molar-refractivity contribution in [2.45, 2.75) is 32.0 Å². The van der Waals surface area contributed by atoms with Crippen LogP contribution in [-0.4, -0.2) is 56.3 Å². The first-order chi connectivity index (χ1) is 25.0. The number of nitrogens with zero attached hydrogens (tertiary/aromatic N) is 4. The second kappa shape index (κ2) is 17.0. The Morgan fingerprint density at radius 1 is 0.906 bits per heavy atom. The Bertz CT molecular complexity index is 2530. The van der Waals surface area contributed by atoms with Crippen molar-refractivity contribution in [1.29, 1.82) is 5.41 Å². The smallest absolute Gasteiger partial charge is 0.397 e. The molecule has 0 bridgehead atoms. The second-order valence-corrected chi connectivity index (χ2v) is 14.2. The van der Waals surface area contributed by atoms with E-state index in [1.54, 1.807) is 18.2 Å². The van der Waals surface area contributed by atoms with E-state index in [4.69, 9.17) is 14.7 Å². The van der Waals surface area contributed by atoms with Crippen LogP contribution in [0.25, 0.3) is 0 Å². The van der Waals surface area contributed by atoms with Crippen LogP contribution in [0.2, 0.25) is 0 Å². The van der Waals surface area contributed by atoms with Crippen LogP contribution in [0.1, 0.15) is 32.6 Å². The molecule has 0 aliphatic heterocycles. The highest BCUT2D eigenvalue weighted by Crippen LogP contribution is 2.27. The molecule has 4 rings (SSSR count). The molecule has 0 atom stereocenters. The number of carbonyl (C=O) groups is 1. The SMILES string of the molecule is Cc1ccc(N=Nc2ccc(N/N=c3/c(C(=O)O)cc(=O)/c(=N\Nc4cc(C)c(S(=O)(=O)CCOS(=O)(=O)O)cc4CO)c3=O)cc2COC=N)cc1. The number of aryl methyl sites for hydroxylation is 2. The zero-order chi connectivity index (χ0) is 38.9. The van der Waals surface area contributed by atoms with Gasteiger partial charge in [0.2, 0.25) is 10.9 Å². The summed E-state index contributed by atoms with van der Waals surface area (Å²) in [5, 5.41) is 41.6. The van der Waals surface area contributed by atoms with Gasteiger partial charge in [-0.25, -0.2) is 17.4 Å². The van der Waals surface area contributed by atoms with Crippen LogP contribution in [0, 0.1) is 19.3 Å². The summed E-state index contributed by atoms with van der Waals surface area (Å²) in [6.45, 7) is 1.56. The van der Waals surface area contributed by atoms with Gasteiger partial charge in [0.05, 0.1) is 52.2 Å². The molecule has 0 aliphatic carbocycles. The van der Waals surface area contributed by atoms with Crippen LogP contribution in [0.4, 0.5) is 22.7 Å². The molecule has 0 aromatic heterocycles. The lowest BCUT2D eigenvalue weighted by molar-refractivity contribution is 0.0694. The van der Waals surface area contributed by atoms with Crippen molar-refractivity contribution in [3.8, 4) is 0 Å². The molecular weight excluding hydrogens is 739 g/mol. The van der Waals surface area contributed by atoms with Gasteiger partial charge in [-0.3, -0.25) is 30.4 Å². The van der Waals surface area contributed by atoms with E-state index in [1.807, 2.05) is 19.1 Å². The van der Waals surface area contributed by atoms with Crippen molar-refractivity contribution in [1.82, 2.24) is 0 Å². The molecule has 0 fully saturated rings. The minimum atomic E-state index is -4.88. The first-order valence-corrected chi connectivity index (χ1v) is 18.1. The predicted molar refractivity (Wildman–Crippen MR) is 189 cm³/mol. The minimum absolute atomic E-state index is 0.0323. The maximum absolute atomic E-state index is 13.4. The number of carboxylic acids is 1. The third-order valence-corrected chi connectivity index (χ3v) is 9.49. The van der Waals surface area contributed by atoms with E-state index in [9.17, 15) is 41.4 Å². The van der Waals surface area contributed by atoms with Gasteiger partial charge in [-0.1, -0.05) is 17.7 Å². The normalized spacial score (nSPS) is 12.6. The number of aliphatic hydroxyl groups is 1. The van der Waals surface area contributed by atoms with Gasteiger partial charge in [-0.05, 0) is 61.9 Å². The molecule has 4 aromatic rings. The fraction of sp³-hybridized carbons (Fsp3) is 0.188. The van der Waals surface area contributed by atoms with E-state index in [1.165, 1.54) is 25.1 Å². The van der Waals surface area contributed by atoms with Gasteiger partial charge in [-0.2, -0.15) is 28.8 Å². The van der Waals surface area contributed by atoms with Crippen LogP contribution in [-0.2, 0) is 42.4 Å². The number of hydrogen-bond acceptors (Lipinski definition) is 17. The molecule has 53 heavy (non-hydrogen) atoms. The third-order valence-electron chi connectivity index (χ3n) is 7.21. The van der Waals surface area contributed by atoms with Gasteiger partial charge in [0.25, 0.3) is 0 Å². The quantitative estimate of drug-likeness (QED) is 0.0313. The van der Waals surface area contributed by atoms with Gasteiger partial charge in [-0.15, -0.1) is 0 Å². The minimum Gasteiger partial charge on any atom is -0.479 e. The Labute approximate surface area is 300 Å². The van der Waals surface area contributed by atoms with Crippen molar-refractivity contribution in [2.24, 2.45) is 20.4 Å². The van der Waals surface area contributed by atoms with Crippen molar-refractivity contribution in [2.75, 3.05) is 23.2 Å². The molecule has 0 heterocycles. The third kappa shape index (κ3) is 10.5. The number of sulfone groups is 1. The van der Waals surface area contributed by atoms with Crippen molar-refractivity contribution in [3.05, 3.63) is 120 Å². The number of nitrogens with one attached hydrogen (secondary N) is 3. The van der Waals surface area contributed by atoms with Crippen LogP contribution in [0.5, 0.6) is 0 Å². The summed E-state index contributed by atoms with van der Waals surface area (Å²) >= 11 is 0. The lowest BCUT2D eigenvalue weighted by Gasteiger charge is -2.13. The summed E-state index contributed by atoms with van der Waals surface area (Å²) in [7, 11) is -9.07. The van der Waals surface area contributed by atoms with Crippen molar-refractivity contribution < 1.29 is 45.3 Å². The van der Waals surface area contributed by atoms with E-state index in [2.05, 4.69) is 35.5 Å². The molecule has 21 heteroatoms. The molecule has 278 valence electrons. The number of azo groups is 1. The molecule has 6 N–H and O–H groups in total. The highest BCUT2D eigenvalue weighted by Gasteiger charge is 2.21. The van der Waals surface area contributed by atoms with Crippen molar-refractivity contribution >= 4 is 55.4 Å². The first-order valence-electron chi connectivity index (χ1n) is 15.1. The van der Waals surface area contributed by atoms with Crippen LogP contribution < -0.4 is 32.4 Å². The standard InChI is InChI=1S/C32H31N7O12S2/c1-18-3-5-22(6-4-18)34-36-25-8-7-23(12-21(25)16-50-17-33)35-38-29-24(32(43)44)14-27(41)30(31(29)42)39-37-26-11-19(2)28(13-20(26)15-40)52(45,46)10-9-51-53(47,48)49/h3-8,11-14,17,33,35,37,40H,9-10,15-16H2,1-2H3,(H,43,44)(H,47,48,49)/b33-17?,36-34?,38-29-,39-30+. The number of benzene rings is 4. The maximum atomic E-state index is 13.4. The number of ether oxygens (including phenoxy) is 1. The first kappa shape index (κ1) is 39.8. The largest absolute Gasteiger partial charge is 0.479 e. The van der Waals surface area contributed by atoms with Gasteiger partial charge >= 0.3 is 16.4 Å². The molecule has 4 aromatic carbocycles. The monoisotopic (exact) mass is 769 g/mol. The average Bonchev–Trinajstić information content (AvgIpc) is 3.09. The summed E-state index contributed by atoms with van der Waals surface area (Å²) in [5.41, 5.74) is 4.67. The van der Waals surface area contributed by atoms with Gasteiger partial charge < -0.3 is 14.9 Å². The van der Waals surface area contributed by atoms with E-state index < -0.39 is 72.3 Å². The zero-order valence-corrected chi connectivity index (χ0v) is 29.4. The summed E-state index contributed by atoms with van der Waals surface area (Å²) in [5.74, 6) is -2.48. The number of aromatic carboxylic acids is 1. The molecule has 0 amide bonds. The van der Waals surface area contributed by atoms with Crippen LogP contribution in [0.3, 0.4) is 0 Å². The lowest BCUT2D eigenvalue weighted by atomic mass is 10.1. The molecule has 0 saturated carbocycles.